The van der Waals surface area contributed by atoms with Crippen LogP contribution >= 0.6 is 0 Å². The molecular formula is C34H30O3. The van der Waals surface area contributed by atoms with Gasteiger partial charge in [0.25, 0.3) is 0 Å². The summed E-state index contributed by atoms with van der Waals surface area (Å²) in [6.07, 6.45) is 9.35. The van der Waals surface area contributed by atoms with Gasteiger partial charge in [0.2, 0.25) is 0 Å². The number of rotatable bonds is 7. The van der Waals surface area contributed by atoms with Crippen LogP contribution in [-0.4, -0.2) is 11.1 Å². The first-order valence-electron chi connectivity index (χ1n) is 12.5. The molecule has 1 aliphatic rings. The summed E-state index contributed by atoms with van der Waals surface area (Å²) < 4.78 is 6.26. The van der Waals surface area contributed by atoms with Gasteiger partial charge in [-0.25, -0.2) is 4.79 Å². The van der Waals surface area contributed by atoms with Crippen molar-refractivity contribution in [2.24, 2.45) is 5.41 Å². The fraction of sp³-hybridized carbons (Fsp3) is 0.147. The lowest BCUT2D eigenvalue weighted by atomic mass is 9.77. The van der Waals surface area contributed by atoms with Crippen LogP contribution in [0.15, 0.2) is 109 Å². The second-order valence-corrected chi connectivity index (χ2v) is 10.1. The summed E-state index contributed by atoms with van der Waals surface area (Å²) in [5.41, 5.74) is 5.93. The Hall–Kier alpha value is -4.37. The first-order chi connectivity index (χ1) is 17.9. The van der Waals surface area contributed by atoms with Gasteiger partial charge in [0.1, 0.15) is 12.4 Å². The van der Waals surface area contributed by atoms with Crippen LogP contribution in [0.4, 0.5) is 0 Å². The van der Waals surface area contributed by atoms with Crippen LogP contribution in [0.5, 0.6) is 0 Å². The number of carbonyl (C=O) groups is 1. The molecule has 3 nitrogen and oxygen atoms in total. The van der Waals surface area contributed by atoms with Gasteiger partial charge in [-0.05, 0) is 63.2 Å². The highest BCUT2D eigenvalue weighted by atomic mass is 16.5. The first-order valence-corrected chi connectivity index (χ1v) is 12.5. The van der Waals surface area contributed by atoms with E-state index in [0.29, 0.717) is 6.61 Å². The van der Waals surface area contributed by atoms with Crippen molar-refractivity contribution >= 4 is 34.5 Å². The Kier molecular flexibility index (Phi) is 6.78. The van der Waals surface area contributed by atoms with Crippen LogP contribution < -0.4 is 0 Å². The van der Waals surface area contributed by atoms with E-state index in [0.717, 1.165) is 28.9 Å². The largest absolute Gasteiger partial charge is 0.493 e. The molecule has 0 bridgehead atoms. The van der Waals surface area contributed by atoms with Gasteiger partial charge in [0.05, 0.1) is 5.56 Å². The smallest absolute Gasteiger partial charge is 0.335 e. The second kappa shape index (κ2) is 10.3. The molecule has 0 saturated heterocycles. The van der Waals surface area contributed by atoms with Gasteiger partial charge in [-0.15, -0.1) is 0 Å². The number of hydrogen-bond acceptors (Lipinski definition) is 2. The maximum atomic E-state index is 11.2. The predicted molar refractivity (Wildman–Crippen MR) is 152 cm³/mol. The van der Waals surface area contributed by atoms with E-state index in [1.807, 2.05) is 36.4 Å². The summed E-state index contributed by atoms with van der Waals surface area (Å²) in [6.45, 7) is 5.04. The van der Waals surface area contributed by atoms with Gasteiger partial charge in [0, 0.05) is 5.41 Å². The maximum Gasteiger partial charge on any atom is 0.335 e. The van der Waals surface area contributed by atoms with Crippen molar-refractivity contribution in [1.82, 2.24) is 0 Å². The molecule has 37 heavy (non-hydrogen) atoms. The third kappa shape index (κ3) is 5.41. The molecule has 0 aliphatic heterocycles. The molecule has 0 spiro atoms. The zero-order valence-corrected chi connectivity index (χ0v) is 21.1. The number of benzene rings is 4. The Morgan fingerprint density at radius 3 is 2.30 bits per heavy atom. The molecule has 0 radical (unpaired) electrons. The van der Waals surface area contributed by atoms with E-state index in [1.165, 1.54) is 21.9 Å². The molecule has 0 atom stereocenters. The summed E-state index contributed by atoms with van der Waals surface area (Å²) >= 11 is 0. The summed E-state index contributed by atoms with van der Waals surface area (Å²) in [6, 6.07) is 30.0. The van der Waals surface area contributed by atoms with Crippen LogP contribution in [0.1, 0.15) is 52.9 Å². The summed E-state index contributed by atoms with van der Waals surface area (Å²) in [7, 11) is 0. The molecule has 0 heterocycles. The highest BCUT2D eigenvalue weighted by molar-refractivity contribution is 6.01. The molecule has 184 valence electrons. The molecular weight excluding hydrogens is 456 g/mol. The average Bonchev–Trinajstić information content (AvgIpc) is 2.91. The lowest BCUT2D eigenvalue weighted by Gasteiger charge is -2.32. The summed E-state index contributed by atoms with van der Waals surface area (Å²) in [4.78, 5) is 11.2. The van der Waals surface area contributed by atoms with E-state index in [9.17, 15) is 4.79 Å². The van der Waals surface area contributed by atoms with E-state index >= 15 is 0 Å². The van der Waals surface area contributed by atoms with Crippen molar-refractivity contribution in [2.45, 2.75) is 26.9 Å². The third-order valence-electron chi connectivity index (χ3n) is 6.87. The number of allylic oxidation sites excluding steroid dienone is 4. The van der Waals surface area contributed by atoms with Crippen LogP contribution in [0.25, 0.3) is 28.5 Å². The summed E-state index contributed by atoms with van der Waals surface area (Å²) in [5.74, 6) is 0.0887. The highest BCUT2D eigenvalue weighted by Gasteiger charge is 2.30. The molecule has 3 heteroatoms. The minimum Gasteiger partial charge on any atom is -0.493 e. The number of hydrogen-bond donors (Lipinski definition) is 1. The molecule has 4 aromatic carbocycles. The zero-order chi connectivity index (χ0) is 25.8. The molecule has 1 N–H and O–H groups in total. The molecule has 5 rings (SSSR count). The first kappa shape index (κ1) is 24.3. The van der Waals surface area contributed by atoms with Crippen molar-refractivity contribution in [2.75, 3.05) is 0 Å². The lowest BCUT2D eigenvalue weighted by molar-refractivity contribution is 0.0697. The SMILES string of the molecule is CC1(C)CC(c2cccc3cccc(/C=C/c4ccc(C(=O)O)cc4)c23)=CC=C1OCc1ccccc1. The van der Waals surface area contributed by atoms with Gasteiger partial charge in [-0.3, -0.25) is 0 Å². The number of carboxylic acid groups (broad SMARTS) is 1. The van der Waals surface area contributed by atoms with Gasteiger partial charge in [0.15, 0.2) is 0 Å². The predicted octanol–water partition coefficient (Wildman–Crippen LogP) is 8.62. The van der Waals surface area contributed by atoms with E-state index in [-0.39, 0.29) is 11.0 Å². The number of carboxylic acids is 1. The summed E-state index contributed by atoms with van der Waals surface area (Å²) in [5, 5.41) is 11.6. The van der Waals surface area contributed by atoms with Crippen molar-refractivity contribution < 1.29 is 14.6 Å². The molecule has 0 saturated carbocycles. The van der Waals surface area contributed by atoms with Gasteiger partial charge in [-0.2, -0.15) is 0 Å². The number of aromatic carboxylic acids is 1. The topological polar surface area (TPSA) is 46.5 Å². The van der Waals surface area contributed by atoms with Gasteiger partial charge < -0.3 is 9.84 Å². The Labute approximate surface area is 218 Å². The van der Waals surface area contributed by atoms with Crippen LogP contribution in [0.3, 0.4) is 0 Å². The van der Waals surface area contributed by atoms with E-state index < -0.39 is 5.97 Å². The van der Waals surface area contributed by atoms with Crippen LogP contribution in [-0.2, 0) is 11.3 Å². The van der Waals surface area contributed by atoms with Gasteiger partial charge in [-0.1, -0.05) is 111 Å². The lowest BCUT2D eigenvalue weighted by Crippen LogP contribution is -2.20. The molecule has 0 unspecified atom stereocenters. The van der Waals surface area contributed by atoms with Crippen molar-refractivity contribution in [3.8, 4) is 0 Å². The molecule has 0 amide bonds. The quantitative estimate of drug-likeness (QED) is 0.266. The van der Waals surface area contributed by atoms with Gasteiger partial charge >= 0.3 is 5.97 Å². The number of fused-ring (bicyclic) bond motifs is 1. The molecule has 0 aromatic heterocycles. The minimum absolute atomic E-state index is 0.127. The maximum absolute atomic E-state index is 11.2. The van der Waals surface area contributed by atoms with Crippen molar-refractivity contribution in [3.63, 3.8) is 0 Å². The Morgan fingerprint density at radius 2 is 1.59 bits per heavy atom. The Morgan fingerprint density at radius 1 is 0.865 bits per heavy atom. The van der Waals surface area contributed by atoms with Crippen LogP contribution in [0, 0.1) is 5.41 Å². The fourth-order valence-corrected chi connectivity index (χ4v) is 4.89. The second-order valence-electron chi connectivity index (χ2n) is 10.1. The van der Waals surface area contributed by atoms with E-state index in [2.05, 4.69) is 80.6 Å². The molecule has 0 fully saturated rings. The Balaban J connectivity index is 1.47. The monoisotopic (exact) mass is 486 g/mol. The van der Waals surface area contributed by atoms with Crippen molar-refractivity contribution in [3.05, 3.63) is 137 Å². The fourth-order valence-electron chi connectivity index (χ4n) is 4.89. The zero-order valence-electron chi connectivity index (χ0n) is 21.1. The van der Waals surface area contributed by atoms with Crippen LogP contribution in [0.2, 0.25) is 0 Å². The molecule has 4 aromatic rings. The third-order valence-corrected chi connectivity index (χ3v) is 6.87. The Bertz CT molecular complexity index is 1520. The number of ether oxygens (including phenoxy) is 1. The van der Waals surface area contributed by atoms with E-state index in [1.54, 1.807) is 12.1 Å². The van der Waals surface area contributed by atoms with E-state index in [4.69, 9.17) is 9.84 Å². The average molecular weight is 487 g/mol. The normalized spacial score (nSPS) is 14.9. The standard InChI is InChI=1S/C34H30O3/c1-34(2)22-29(20-21-31(34)37-23-25-8-4-3-5-9-25)30-13-7-12-26-10-6-11-27(32(26)30)17-14-24-15-18-28(19-16-24)33(35)36/h3-21H,22-23H2,1-2H3,(H,35,36)/b17-14+. The molecule has 1 aliphatic carbocycles. The minimum atomic E-state index is -0.916. The van der Waals surface area contributed by atoms with Crippen molar-refractivity contribution in [1.29, 1.82) is 0 Å². The highest BCUT2D eigenvalue weighted by Crippen LogP contribution is 2.43.